The van der Waals surface area contributed by atoms with Gasteiger partial charge >= 0.3 is 0 Å². The molecule has 48 heavy (non-hydrogen) atoms. The summed E-state index contributed by atoms with van der Waals surface area (Å²) in [5.74, 6) is -0.212. The Hall–Kier alpha value is -2.11. The molecule has 9 heteroatoms. The first-order valence-electron chi connectivity index (χ1n) is 18.5. The van der Waals surface area contributed by atoms with Crippen LogP contribution in [0.2, 0.25) is 0 Å². The van der Waals surface area contributed by atoms with Crippen molar-refractivity contribution in [2.45, 2.75) is 166 Å². The molecule has 276 valence electrons. The van der Waals surface area contributed by atoms with Crippen LogP contribution in [0.25, 0.3) is 0 Å². The van der Waals surface area contributed by atoms with E-state index in [1.54, 1.807) is 6.08 Å². The Morgan fingerprint density at radius 3 is 1.96 bits per heavy atom. The van der Waals surface area contributed by atoms with Crippen LogP contribution in [-0.4, -0.2) is 87.5 Å². The van der Waals surface area contributed by atoms with E-state index in [0.717, 1.165) is 77.0 Å². The third kappa shape index (κ3) is 21.1. The van der Waals surface area contributed by atoms with Gasteiger partial charge in [0.15, 0.2) is 6.29 Å². The summed E-state index contributed by atoms with van der Waals surface area (Å²) in [6.07, 6.45) is 29.9. The Bertz CT molecular complexity index is 931. The van der Waals surface area contributed by atoms with Crippen molar-refractivity contribution in [1.82, 2.24) is 5.32 Å². The van der Waals surface area contributed by atoms with E-state index in [4.69, 9.17) is 9.47 Å². The summed E-state index contributed by atoms with van der Waals surface area (Å²) in [6.45, 7) is 3.54. The van der Waals surface area contributed by atoms with Gasteiger partial charge in [-0.3, -0.25) is 4.79 Å². The first-order valence-corrected chi connectivity index (χ1v) is 18.5. The molecule has 0 aromatic carbocycles. The predicted octanol–water partition coefficient (Wildman–Crippen LogP) is 6.10. The highest BCUT2D eigenvalue weighted by Gasteiger charge is 2.44. The Labute approximate surface area is 290 Å². The monoisotopic (exact) mass is 677 g/mol. The van der Waals surface area contributed by atoms with Gasteiger partial charge in [0.25, 0.3) is 0 Å². The minimum Gasteiger partial charge on any atom is -0.394 e. The van der Waals surface area contributed by atoms with Crippen LogP contribution in [0, 0.1) is 0 Å². The number of amides is 1. The molecule has 1 aliphatic rings. The zero-order chi connectivity index (χ0) is 35.2. The van der Waals surface area contributed by atoms with Gasteiger partial charge in [-0.15, -0.1) is 0 Å². The minimum absolute atomic E-state index is 0.212. The fourth-order valence-electron chi connectivity index (χ4n) is 5.28. The van der Waals surface area contributed by atoms with Crippen LogP contribution >= 0.6 is 0 Å². The SMILES string of the molecule is CC/C=C/CC/C=C/CC/C=C/C(O)C(COC1OC(CO)C(O)C(O)C1O)NC(=O)CCCCCCC/C=C\C/C=C\CCCCC. The third-order valence-corrected chi connectivity index (χ3v) is 8.30. The second-order valence-corrected chi connectivity index (χ2v) is 12.6. The summed E-state index contributed by atoms with van der Waals surface area (Å²) in [5, 5.41) is 53.7. The van der Waals surface area contributed by atoms with Crippen LogP contribution in [0.4, 0.5) is 0 Å². The van der Waals surface area contributed by atoms with Crippen molar-refractivity contribution in [2.24, 2.45) is 0 Å². The van der Waals surface area contributed by atoms with Crippen molar-refractivity contribution in [3.63, 3.8) is 0 Å². The number of carbonyl (C=O) groups is 1. The maximum atomic E-state index is 12.8. The molecular weight excluding hydrogens is 610 g/mol. The summed E-state index contributed by atoms with van der Waals surface area (Å²) in [4.78, 5) is 12.8. The van der Waals surface area contributed by atoms with Crippen LogP contribution in [-0.2, 0) is 14.3 Å². The van der Waals surface area contributed by atoms with Crippen molar-refractivity contribution in [2.75, 3.05) is 13.2 Å². The summed E-state index contributed by atoms with van der Waals surface area (Å²) in [7, 11) is 0. The molecule has 1 amide bonds. The molecule has 0 saturated carbocycles. The molecule has 7 unspecified atom stereocenters. The number of unbranched alkanes of at least 4 members (excludes halogenated alkanes) is 10. The topological polar surface area (TPSA) is 149 Å². The third-order valence-electron chi connectivity index (χ3n) is 8.30. The maximum Gasteiger partial charge on any atom is 0.220 e. The molecule has 6 N–H and O–H groups in total. The van der Waals surface area contributed by atoms with E-state index in [-0.39, 0.29) is 12.5 Å². The van der Waals surface area contributed by atoms with Gasteiger partial charge in [-0.25, -0.2) is 0 Å². The highest BCUT2D eigenvalue weighted by Crippen LogP contribution is 2.22. The smallest absolute Gasteiger partial charge is 0.220 e. The van der Waals surface area contributed by atoms with Crippen molar-refractivity contribution in [3.8, 4) is 0 Å². The summed E-state index contributed by atoms with van der Waals surface area (Å²) in [5.41, 5.74) is 0. The molecule has 1 saturated heterocycles. The zero-order valence-corrected chi connectivity index (χ0v) is 29.7. The van der Waals surface area contributed by atoms with Crippen LogP contribution < -0.4 is 5.32 Å². The summed E-state index contributed by atoms with van der Waals surface area (Å²) in [6, 6.07) is -0.833. The molecule has 1 heterocycles. The number of aliphatic hydroxyl groups excluding tert-OH is 5. The quantitative estimate of drug-likeness (QED) is 0.0430. The van der Waals surface area contributed by atoms with Gasteiger partial charge in [-0.2, -0.15) is 0 Å². The average Bonchev–Trinajstić information content (AvgIpc) is 3.08. The van der Waals surface area contributed by atoms with Gasteiger partial charge in [0, 0.05) is 6.42 Å². The molecule has 0 spiro atoms. The molecule has 0 aliphatic carbocycles. The van der Waals surface area contributed by atoms with Gasteiger partial charge in [-0.05, 0) is 70.6 Å². The van der Waals surface area contributed by atoms with E-state index in [2.05, 4.69) is 67.8 Å². The van der Waals surface area contributed by atoms with E-state index in [0.29, 0.717) is 6.42 Å². The van der Waals surface area contributed by atoms with Gasteiger partial charge in [0.2, 0.25) is 5.91 Å². The lowest BCUT2D eigenvalue weighted by Gasteiger charge is -2.40. The summed E-state index contributed by atoms with van der Waals surface area (Å²) >= 11 is 0. The number of hydrogen-bond acceptors (Lipinski definition) is 8. The maximum absolute atomic E-state index is 12.8. The highest BCUT2D eigenvalue weighted by molar-refractivity contribution is 5.76. The van der Waals surface area contributed by atoms with Crippen molar-refractivity contribution >= 4 is 5.91 Å². The fourth-order valence-corrected chi connectivity index (χ4v) is 5.28. The second-order valence-electron chi connectivity index (χ2n) is 12.6. The van der Waals surface area contributed by atoms with E-state index >= 15 is 0 Å². The lowest BCUT2D eigenvalue weighted by Crippen LogP contribution is -2.60. The Morgan fingerprint density at radius 1 is 0.729 bits per heavy atom. The normalized spacial score (nSPS) is 23.4. The highest BCUT2D eigenvalue weighted by atomic mass is 16.7. The number of rotatable bonds is 28. The average molecular weight is 678 g/mol. The largest absolute Gasteiger partial charge is 0.394 e. The van der Waals surface area contributed by atoms with Crippen LogP contribution in [0.15, 0.2) is 60.8 Å². The van der Waals surface area contributed by atoms with Gasteiger partial charge in [0.05, 0.1) is 25.4 Å². The molecule has 0 radical (unpaired) electrons. The summed E-state index contributed by atoms with van der Waals surface area (Å²) < 4.78 is 11.1. The lowest BCUT2D eigenvalue weighted by atomic mass is 9.99. The molecule has 0 aromatic rings. The van der Waals surface area contributed by atoms with Gasteiger partial charge < -0.3 is 40.3 Å². The van der Waals surface area contributed by atoms with E-state index in [1.165, 1.54) is 25.7 Å². The van der Waals surface area contributed by atoms with Crippen molar-refractivity contribution < 1.29 is 39.8 Å². The number of allylic oxidation sites excluding steroid dienone is 9. The number of carbonyl (C=O) groups excluding carboxylic acids is 1. The number of aliphatic hydroxyl groups is 5. The van der Waals surface area contributed by atoms with Crippen LogP contribution in [0.1, 0.15) is 123 Å². The van der Waals surface area contributed by atoms with E-state index < -0.39 is 49.5 Å². The second kappa shape index (κ2) is 29.8. The predicted molar refractivity (Wildman–Crippen MR) is 193 cm³/mol. The molecule has 0 bridgehead atoms. The Balaban J connectivity index is 2.50. The van der Waals surface area contributed by atoms with Crippen molar-refractivity contribution in [3.05, 3.63) is 60.8 Å². The Kier molecular flexibility index (Phi) is 27.2. The van der Waals surface area contributed by atoms with Crippen LogP contribution in [0.5, 0.6) is 0 Å². The lowest BCUT2D eigenvalue weighted by molar-refractivity contribution is -0.302. The fraction of sp³-hybridized carbons (Fsp3) is 0.718. The zero-order valence-electron chi connectivity index (χ0n) is 29.7. The van der Waals surface area contributed by atoms with E-state index in [9.17, 15) is 30.3 Å². The van der Waals surface area contributed by atoms with Gasteiger partial charge in [0.1, 0.15) is 24.4 Å². The molecule has 7 atom stereocenters. The molecule has 9 nitrogen and oxygen atoms in total. The Morgan fingerprint density at radius 2 is 1.31 bits per heavy atom. The molecule has 0 aromatic heterocycles. The minimum atomic E-state index is -1.58. The van der Waals surface area contributed by atoms with Crippen molar-refractivity contribution in [1.29, 1.82) is 0 Å². The molecule has 1 rings (SSSR count). The first kappa shape index (κ1) is 43.9. The molecule has 1 aliphatic heterocycles. The molecular formula is C39H67NO8. The number of nitrogens with one attached hydrogen (secondary N) is 1. The van der Waals surface area contributed by atoms with Gasteiger partial charge in [-0.1, -0.05) is 107 Å². The molecule has 1 fully saturated rings. The number of ether oxygens (including phenoxy) is 2. The first-order chi connectivity index (χ1) is 23.3. The van der Waals surface area contributed by atoms with Crippen LogP contribution in [0.3, 0.4) is 0 Å². The van der Waals surface area contributed by atoms with E-state index in [1.807, 2.05) is 6.08 Å². The number of hydrogen-bond donors (Lipinski definition) is 6. The standard InChI is InChI=1S/C39H67NO8/c1-3-5-7-9-11-13-15-16-17-18-19-21-23-25-27-29-35(43)40-32(31-47-39-38(46)37(45)36(44)34(30-41)48-39)33(42)28-26-24-22-20-14-12-10-8-6-4-2/h6,8,11,13-14,16-17,20,26,28,32-34,36-39,41-42,44-46H,3-5,7,9-10,12,15,18-19,21-25,27,29-31H2,1-2H3,(H,40,43)/b8-6+,13-11-,17-16-,20-14+,28-26+.